The van der Waals surface area contributed by atoms with Gasteiger partial charge in [-0.15, -0.1) is 0 Å². The molecule has 2 amide bonds. The summed E-state index contributed by atoms with van der Waals surface area (Å²) in [5.41, 5.74) is 0. The number of fused-ring (bicyclic) bond motifs is 1. The summed E-state index contributed by atoms with van der Waals surface area (Å²) in [6.07, 6.45) is 0.229. The number of carbonyl (C=O) groups is 2. The van der Waals surface area contributed by atoms with Crippen molar-refractivity contribution < 1.29 is 14.7 Å². The Labute approximate surface area is 69.3 Å². The Kier molecular flexibility index (Phi) is 1.54. The van der Waals surface area contributed by atoms with E-state index in [0.717, 1.165) is 6.42 Å². The highest BCUT2D eigenvalue weighted by Crippen LogP contribution is 2.20. The number of hydrogen-bond acceptors (Lipinski definition) is 3. The third-order valence-corrected chi connectivity index (χ3v) is 2.35. The van der Waals surface area contributed by atoms with Crippen molar-refractivity contribution in [3.63, 3.8) is 0 Å². The zero-order valence-corrected chi connectivity index (χ0v) is 6.49. The van der Waals surface area contributed by atoms with E-state index in [2.05, 4.69) is 5.32 Å². The van der Waals surface area contributed by atoms with Gasteiger partial charge in [-0.05, 0) is 12.8 Å². The molecule has 2 aliphatic rings. The first-order chi connectivity index (χ1) is 5.70. The van der Waals surface area contributed by atoms with Gasteiger partial charge in [0, 0.05) is 6.54 Å². The molecule has 0 saturated carbocycles. The van der Waals surface area contributed by atoms with E-state index in [0.29, 0.717) is 13.0 Å². The van der Waals surface area contributed by atoms with Gasteiger partial charge in [0.2, 0.25) is 12.1 Å². The molecule has 0 aromatic heterocycles. The van der Waals surface area contributed by atoms with Crippen LogP contribution < -0.4 is 5.32 Å². The fraction of sp³-hybridized carbons (Fsp3) is 0.714. The number of nitrogens with one attached hydrogen (secondary N) is 1. The van der Waals surface area contributed by atoms with E-state index in [4.69, 9.17) is 5.11 Å². The Hall–Kier alpha value is -1.10. The van der Waals surface area contributed by atoms with Gasteiger partial charge in [-0.3, -0.25) is 9.59 Å². The molecule has 0 radical (unpaired) electrons. The zero-order valence-electron chi connectivity index (χ0n) is 6.49. The average molecular weight is 170 g/mol. The van der Waals surface area contributed by atoms with E-state index >= 15 is 0 Å². The number of rotatable bonds is 0. The molecular formula is C7H10N2O3. The van der Waals surface area contributed by atoms with Gasteiger partial charge in [-0.2, -0.15) is 0 Å². The van der Waals surface area contributed by atoms with Gasteiger partial charge >= 0.3 is 0 Å². The Bertz CT molecular complexity index is 241. The third kappa shape index (κ3) is 0.896. The fourth-order valence-electron chi connectivity index (χ4n) is 1.75. The Balaban J connectivity index is 2.23. The van der Waals surface area contributed by atoms with Gasteiger partial charge in [-0.25, -0.2) is 0 Å². The van der Waals surface area contributed by atoms with Gasteiger partial charge in [0.15, 0.2) is 0 Å². The van der Waals surface area contributed by atoms with E-state index in [-0.39, 0.29) is 17.9 Å². The lowest BCUT2D eigenvalue weighted by Gasteiger charge is -2.31. The molecule has 5 heteroatoms. The maximum absolute atomic E-state index is 11.2. The first-order valence-corrected chi connectivity index (χ1v) is 3.99. The van der Waals surface area contributed by atoms with Crippen LogP contribution in [0, 0.1) is 0 Å². The monoisotopic (exact) mass is 170 g/mol. The summed E-state index contributed by atoms with van der Waals surface area (Å²) >= 11 is 0. The van der Waals surface area contributed by atoms with Crippen molar-refractivity contribution in [2.45, 2.75) is 25.1 Å². The van der Waals surface area contributed by atoms with E-state index in [1.54, 1.807) is 0 Å². The van der Waals surface area contributed by atoms with Crippen molar-refractivity contribution in [1.82, 2.24) is 10.2 Å². The predicted octanol–water partition coefficient (Wildman–Crippen LogP) is -1.57. The van der Waals surface area contributed by atoms with Crippen LogP contribution in [0.1, 0.15) is 12.8 Å². The van der Waals surface area contributed by atoms with Crippen molar-refractivity contribution in [1.29, 1.82) is 0 Å². The highest BCUT2D eigenvalue weighted by Gasteiger charge is 2.42. The highest BCUT2D eigenvalue weighted by molar-refractivity contribution is 5.96. The van der Waals surface area contributed by atoms with Gasteiger partial charge in [0.1, 0.15) is 6.04 Å². The molecule has 0 aromatic rings. The number of piperazine rings is 1. The van der Waals surface area contributed by atoms with Crippen molar-refractivity contribution in [3.05, 3.63) is 0 Å². The lowest BCUT2D eigenvalue weighted by Crippen LogP contribution is -2.60. The molecule has 2 N–H and O–H groups in total. The van der Waals surface area contributed by atoms with Crippen LogP contribution in [0.3, 0.4) is 0 Å². The molecule has 2 unspecified atom stereocenters. The molecule has 0 aliphatic carbocycles. The summed E-state index contributed by atoms with van der Waals surface area (Å²) in [7, 11) is 0. The zero-order chi connectivity index (χ0) is 8.72. The van der Waals surface area contributed by atoms with Gasteiger partial charge in [-0.1, -0.05) is 0 Å². The number of hydrogen-bond donors (Lipinski definition) is 2. The summed E-state index contributed by atoms with van der Waals surface area (Å²) in [6.45, 7) is 0.591. The molecule has 2 rings (SSSR count). The lowest BCUT2D eigenvalue weighted by atomic mass is 10.1. The largest absolute Gasteiger partial charge is 0.365 e. The van der Waals surface area contributed by atoms with Crippen LogP contribution in [-0.2, 0) is 9.59 Å². The first kappa shape index (κ1) is 7.54. The molecular weight excluding hydrogens is 160 g/mol. The SMILES string of the molecule is O=C1NC(O)C(=O)N2CCCC12. The lowest BCUT2D eigenvalue weighted by molar-refractivity contribution is -0.156. The normalized spacial score (nSPS) is 34.9. The summed E-state index contributed by atoms with van der Waals surface area (Å²) in [6, 6.07) is -0.333. The average Bonchev–Trinajstić information content (AvgIpc) is 2.48. The van der Waals surface area contributed by atoms with Gasteiger partial charge in [0.25, 0.3) is 5.91 Å². The van der Waals surface area contributed by atoms with Gasteiger partial charge < -0.3 is 15.3 Å². The standard InChI is InChI=1S/C7H10N2O3/c10-5-4-2-1-3-9(4)7(12)6(11)8-5/h4,6,11H,1-3H2,(H,8,10). The van der Waals surface area contributed by atoms with Crippen molar-refractivity contribution >= 4 is 11.8 Å². The number of amides is 2. The summed E-state index contributed by atoms with van der Waals surface area (Å²) in [5, 5.41) is 11.3. The van der Waals surface area contributed by atoms with Crippen LogP contribution in [-0.4, -0.2) is 40.6 Å². The maximum atomic E-state index is 11.2. The summed E-state index contributed by atoms with van der Waals surface area (Å²) in [4.78, 5) is 23.8. The van der Waals surface area contributed by atoms with Crippen molar-refractivity contribution in [3.8, 4) is 0 Å². The Morgan fingerprint density at radius 1 is 1.50 bits per heavy atom. The van der Waals surface area contributed by atoms with E-state index in [9.17, 15) is 9.59 Å². The number of nitrogens with zero attached hydrogens (tertiary/aromatic N) is 1. The van der Waals surface area contributed by atoms with Crippen LogP contribution in [0.25, 0.3) is 0 Å². The minimum Gasteiger partial charge on any atom is -0.365 e. The summed E-state index contributed by atoms with van der Waals surface area (Å²) in [5.74, 6) is -0.614. The predicted molar refractivity (Wildman–Crippen MR) is 38.9 cm³/mol. The van der Waals surface area contributed by atoms with E-state index < -0.39 is 6.23 Å². The fourth-order valence-corrected chi connectivity index (χ4v) is 1.75. The summed E-state index contributed by atoms with van der Waals surface area (Å²) < 4.78 is 0. The smallest absolute Gasteiger partial charge is 0.273 e. The maximum Gasteiger partial charge on any atom is 0.273 e. The minimum absolute atomic E-state index is 0.236. The van der Waals surface area contributed by atoms with Crippen molar-refractivity contribution in [2.24, 2.45) is 0 Å². The minimum atomic E-state index is -1.33. The van der Waals surface area contributed by atoms with Crippen LogP contribution in [0.4, 0.5) is 0 Å². The molecule has 2 heterocycles. The second kappa shape index (κ2) is 2.45. The molecule has 0 spiro atoms. The quantitative estimate of drug-likeness (QED) is 0.461. The first-order valence-electron chi connectivity index (χ1n) is 3.99. The van der Waals surface area contributed by atoms with E-state index in [1.165, 1.54) is 4.90 Å². The number of aliphatic hydroxyl groups is 1. The molecule has 2 saturated heterocycles. The van der Waals surface area contributed by atoms with E-state index in [1.807, 2.05) is 0 Å². The molecule has 66 valence electrons. The topological polar surface area (TPSA) is 69.6 Å². The molecule has 0 aromatic carbocycles. The molecule has 0 bridgehead atoms. The molecule has 5 nitrogen and oxygen atoms in total. The second-order valence-electron chi connectivity index (χ2n) is 3.10. The number of carbonyl (C=O) groups excluding carboxylic acids is 2. The Morgan fingerprint density at radius 2 is 2.25 bits per heavy atom. The molecule has 2 atom stereocenters. The Morgan fingerprint density at radius 3 is 3.00 bits per heavy atom. The molecule has 12 heavy (non-hydrogen) atoms. The van der Waals surface area contributed by atoms with Crippen molar-refractivity contribution in [2.75, 3.05) is 6.54 Å². The van der Waals surface area contributed by atoms with Gasteiger partial charge in [0.05, 0.1) is 0 Å². The van der Waals surface area contributed by atoms with Crippen LogP contribution >= 0.6 is 0 Å². The van der Waals surface area contributed by atoms with Crippen LogP contribution in [0.15, 0.2) is 0 Å². The van der Waals surface area contributed by atoms with Crippen LogP contribution in [0.2, 0.25) is 0 Å². The molecule has 2 aliphatic heterocycles. The molecule has 2 fully saturated rings. The number of aliphatic hydroxyl groups excluding tert-OH is 1. The third-order valence-electron chi connectivity index (χ3n) is 2.35. The van der Waals surface area contributed by atoms with Crippen LogP contribution in [0.5, 0.6) is 0 Å². The highest BCUT2D eigenvalue weighted by atomic mass is 16.3. The second-order valence-corrected chi connectivity index (χ2v) is 3.10.